The van der Waals surface area contributed by atoms with Crippen molar-refractivity contribution in [3.63, 3.8) is 0 Å². The Hall–Kier alpha value is -3.08. The number of fused-ring (bicyclic) bond motifs is 1. The van der Waals surface area contributed by atoms with Crippen molar-refractivity contribution in [1.82, 2.24) is 4.98 Å². The van der Waals surface area contributed by atoms with E-state index in [2.05, 4.69) is 9.98 Å². The first kappa shape index (κ1) is 14.8. The molecule has 0 unspecified atom stereocenters. The van der Waals surface area contributed by atoms with Crippen molar-refractivity contribution in [3.05, 3.63) is 59.8 Å². The summed E-state index contributed by atoms with van der Waals surface area (Å²) in [5.41, 5.74) is 2.53. The van der Waals surface area contributed by atoms with Crippen molar-refractivity contribution in [2.75, 3.05) is 6.61 Å². The van der Waals surface area contributed by atoms with Crippen molar-refractivity contribution in [2.24, 2.45) is 4.99 Å². The Balaban J connectivity index is 2.05. The van der Waals surface area contributed by atoms with E-state index in [4.69, 9.17) is 4.74 Å². The first-order chi connectivity index (χ1) is 11.2. The summed E-state index contributed by atoms with van der Waals surface area (Å²) in [4.78, 5) is 19.7. The maximum Gasteiger partial charge on any atom is 0.357 e. The van der Waals surface area contributed by atoms with Crippen LogP contribution in [0.3, 0.4) is 0 Å². The van der Waals surface area contributed by atoms with Gasteiger partial charge in [0, 0.05) is 17.1 Å². The summed E-state index contributed by atoms with van der Waals surface area (Å²) in [5.74, 6) is -0.233. The number of nitrogens with zero attached hydrogens (tertiary/aromatic N) is 1. The summed E-state index contributed by atoms with van der Waals surface area (Å²) in [7, 11) is 0. The van der Waals surface area contributed by atoms with Crippen LogP contribution >= 0.6 is 0 Å². The zero-order valence-electron chi connectivity index (χ0n) is 12.6. The van der Waals surface area contributed by atoms with Crippen LogP contribution in [0.15, 0.2) is 53.5 Å². The highest BCUT2D eigenvalue weighted by atomic mass is 16.5. The number of aromatic hydroxyl groups is 1. The second-order valence-corrected chi connectivity index (χ2v) is 4.96. The molecule has 3 aromatic rings. The molecule has 0 bridgehead atoms. The molecule has 23 heavy (non-hydrogen) atoms. The largest absolute Gasteiger partial charge is 0.508 e. The molecule has 1 aromatic heterocycles. The van der Waals surface area contributed by atoms with Gasteiger partial charge in [0.25, 0.3) is 0 Å². The molecule has 0 aliphatic rings. The van der Waals surface area contributed by atoms with E-state index < -0.39 is 5.97 Å². The van der Waals surface area contributed by atoms with Gasteiger partial charge in [-0.15, -0.1) is 0 Å². The number of carbonyl (C=O) groups excluding carboxylic acids is 1. The molecule has 0 aliphatic heterocycles. The summed E-state index contributed by atoms with van der Waals surface area (Å²) in [5, 5.41) is 10.2. The van der Waals surface area contributed by atoms with Crippen LogP contribution < -0.4 is 0 Å². The second-order valence-electron chi connectivity index (χ2n) is 4.96. The SMILES string of the molecule is CCOC(=O)c1[nH]c2ccccc2c1N=Cc1ccc(O)cc1. The Labute approximate surface area is 133 Å². The summed E-state index contributed by atoms with van der Waals surface area (Å²) in [6.45, 7) is 2.06. The second kappa shape index (κ2) is 6.36. The third-order valence-corrected chi connectivity index (χ3v) is 3.39. The molecule has 5 heteroatoms. The van der Waals surface area contributed by atoms with Gasteiger partial charge in [-0.05, 0) is 42.8 Å². The number of hydrogen-bond acceptors (Lipinski definition) is 4. The van der Waals surface area contributed by atoms with Crippen molar-refractivity contribution in [2.45, 2.75) is 6.92 Å². The molecular weight excluding hydrogens is 292 g/mol. The molecule has 0 fully saturated rings. The minimum Gasteiger partial charge on any atom is -0.508 e. The number of hydrogen-bond donors (Lipinski definition) is 2. The van der Waals surface area contributed by atoms with Crippen molar-refractivity contribution in [3.8, 4) is 5.75 Å². The molecule has 0 amide bonds. The van der Waals surface area contributed by atoms with Crippen molar-refractivity contribution in [1.29, 1.82) is 0 Å². The molecule has 2 N–H and O–H groups in total. The van der Waals surface area contributed by atoms with Gasteiger partial charge < -0.3 is 14.8 Å². The topological polar surface area (TPSA) is 74.7 Å². The lowest BCUT2D eigenvalue weighted by Gasteiger charge is -2.00. The predicted octanol–water partition coefficient (Wildman–Crippen LogP) is 3.80. The molecule has 116 valence electrons. The lowest BCUT2D eigenvalue weighted by molar-refractivity contribution is 0.0521. The summed E-state index contributed by atoms with van der Waals surface area (Å²) < 4.78 is 5.09. The van der Waals surface area contributed by atoms with E-state index in [0.29, 0.717) is 18.0 Å². The number of aromatic nitrogens is 1. The third-order valence-electron chi connectivity index (χ3n) is 3.39. The number of benzene rings is 2. The summed E-state index contributed by atoms with van der Waals surface area (Å²) in [6, 6.07) is 14.2. The molecule has 0 saturated carbocycles. The van der Waals surface area contributed by atoms with E-state index in [1.165, 1.54) is 0 Å². The van der Waals surface area contributed by atoms with E-state index in [1.54, 1.807) is 37.4 Å². The molecule has 1 heterocycles. The highest BCUT2D eigenvalue weighted by Gasteiger charge is 2.17. The highest BCUT2D eigenvalue weighted by molar-refractivity contribution is 6.06. The van der Waals surface area contributed by atoms with Crippen LogP contribution in [0.5, 0.6) is 5.75 Å². The van der Waals surface area contributed by atoms with Gasteiger partial charge in [0.1, 0.15) is 11.4 Å². The van der Waals surface area contributed by atoms with Crippen LogP contribution in [0.4, 0.5) is 5.69 Å². The van der Waals surface area contributed by atoms with Crippen LogP contribution in [0.1, 0.15) is 23.0 Å². The van der Waals surface area contributed by atoms with Gasteiger partial charge in [-0.2, -0.15) is 0 Å². The van der Waals surface area contributed by atoms with Gasteiger partial charge in [-0.1, -0.05) is 18.2 Å². The monoisotopic (exact) mass is 308 g/mol. The summed E-state index contributed by atoms with van der Waals surface area (Å²) in [6.07, 6.45) is 1.65. The number of phenolic OH excluding ortho intramolecular Hbond substituents is 1. The minimum atomic E-state index is -0.429. The van der Waals surface area contributed by atoms with Gasteiger partial charge in [-0.25, -0.2) is 4.79 Å². The van der Waals surface area contributed by atoms with Crippen LogP contribution in [0.2, 0.25) is 0 Å². The highest BCUT2D eigenvalue weighted by Crippen LogP contribution is 2.30. The zero-order valence-corrected chi connectivity index (χ0v) is 12.6. The molecule has 5 nitrogen and oxygen atoms in total. The fourth-order valence-corrected chi connectivity index (χ4v) is 2.31. The number of aromatic amines is 1. The van der Waals surface area contributed by atoms with Gasteiger partial charge in [0.2, 0.25) is 0 Å². The number of H-pyrrole nitrogens is 1. The molecule has 2 aromatic carbocycles. The maximum absolute atomic E-state index is 12.1. The van der Waals surface area contributed by atoms with Crippen LogP contribution in [0.25, 0.3) is 10.9 Å². The van der Waals surface area contributed by atoms with E-state index >= 15 is 0 Å². The smallest absolute Gasteiger partial charge is 0.357 e. The fourth-order valence-electron chi connectivity index (χ4n) is 2.31. The normalized spacial score (nSPS) is 11.2. The molecule has 0 aliphatic carbocycles. The fraction of sp³-hybridized carbons (Fsp3) is 0.111. The number of carbonyl (C=O) groups is 1. The Morgan fingerprint density at radius 2 is 1.96 bits per heavy atom. The third kappa shape index (κ3) is 3.08. The number of rotatable bonds is 4. The van der Waals surface area contributed by atoms with Crippen LogP contribution in [-0.4, -0.2) is 28.9 Å². The average molecular weight is 308 g/mol. The zero-order chi connectivity index (χ0) is 16.2. The maximum atomic E-state index is 12.1. The molecule has 0 saturated heterocycles. The van der Waals surface area contributed by atoms with E-state index in [0.717, 1.165) is 16.5 Å². The number of para-hydroxylation sites is 1. The number of ether oxygens (including phenoxy) is 1. The Morgan fingerprint density at radius 1 is 1.22 bits per heavy atom. The Bertz CT molecular complexity index is 864. The average Bonchev–Trinajstić information content (AvgIpc) is 2.93. The quantitative estimate of drug-likeness (QED) is 0.568. The molecule has 3 rings (SSSR count). The predicted molar refractivity (Wildman–Crippen MR) is 89.6 cm³/mol. The Morgan fingerprint density at radius 3 is 2.70 bits per heavy atom. The number of phenols is 1. The van der Waals surface area contributed by atoms with Gasteiger partial charge in [0.15, 0.2) is 5.69 Å². The lowest BCUT2D eigenvalue weighted by atomic mass is 10.2. The lowest BCUT2D eigenvalue weighted by Crippen LogP contribution is -2.05. The van der Waals surface area contributed by atoms with Crippen LogP contribution in [-0.2, 0) is 4.74 Å². The van der Waals surface area contributed by atoms with E-state index in [-0.39, 0.29) is 5.75 Å². The standard InChI is InChI=1S/C18H16N2O3/c1-2-23-18(22)17-16(14-5-3-4-6-15(14)20-17)19-11-12-7-9-13(21)10-8-12/h3-11,20-21H,2H2,1H3. The molecule has 0 radical (unpaired) electrons. The number of esters is 1. The van der Waals surface area contributed by atoms with E-state index in [9.17, 15) is 9.90 Å². The van der Waals surface area contributed by atoms with Gasteiger partial charge in [0.05, 0.1) is 6.61 Å². The number of aliphatic imine (C=N–C) groups is 1. The first-order valence-electron chi connectivity index (χ1n) is 7.30. The van der Waals surface area contributed by atoms with Crippen molar-refractivity contribution >= 4 is 28.8 Å². The number of nitrogens with one attached hydrogen (secondary N) is 1. The molecule has 0 spiro atoms. The summed E-state index contributed by atoms with van der Waals surface area (Å²) >= 11 is 0. The van der Waals surface area contributed by atoms with Gasteiger partial charge in [-0.3, -0.25) is 4.99 Å². The van der Waals surface area contributed by atoms with Crippen LogP contribution in [0, 0.1) is 0 Å². The van der Waals surface area contributed by atoms with Crippen molar-refractivity contribution < 1.29 is 14.6 Å². The van der Waals surface area contributed by atoms with Gasteiger partial charge >= 0.3 is 5.97 Å². The minimum absolute atomic E-state index is 0.196. The molecule has 0 atom stereocenters. The molecular formula is C18H16N2O3. The van der Waals surface area contributed by atoms with E-state index in [1.807, 2.05) is 24.3 Å². The first-order valence-corrected chi connectivity index (χ1v) is 7.30. The Kier molecular flexibility index (Phi) is 4.10.